The number of carbonyl (C=O) groups is 2. The average molecular weight is 184 g/mol. The van der Waals surface area contributed by atoms with Gasteiger partial charge in [0.05, 0.1) is 13.2 Å². The fourth-order valence-corrected chi connectivity index (χ4v) is 0.505. The first-order chi connectivity index (χ1) is 6.13. The van der Waals surface area contributed by atoms with E-state index in [-0.39, 0.29) is 25.0 Å². The van der Waals surface area contributed by atoms with Crippen molar-refractivity contribution in [3.63, 3.8) is 0 Å². The molecule has 0 fully saturated rings. The predicted octanol–water partition coefficient (Wildman–Crippen LogP) is 0.238. The van der Waals surface area contributed by atoms with Gasteiger partial charge in [-0.3, -0.25) is 9.59 Å². The Morgan fingerprint density at radius 1 is 1.08 bits per heavy atom. The summed E-state index contributed by atoms with van der Waals surface area (Å²) in [5.74, 6) is -0.526. The minimum Gasteiger partial charge on any atom is -0.370 e. The maximum absolute atomic E-state index is 10.3. The van der Waals surface area contributed by atoms with Gasteiger partial charge in [-0.1, -0.05) is 0 Å². The molecule has 0 atom stereocenters. The summed E-state index contributed by atoms with van der Waals surface area (Å²) >= 11 is 0. The van der Waals surface area contributed by atoms with E-state index in [1.807, 2.05) is 0 Å². The molecular weight excluding hydrogens is 172 g/mol. The molecule has 0 aliphatic carbocycles. The Labute approximate surface area is 76.5 Å². The first kappa shape index (κ1) is 11.6. The van der Waals surface area contributed by atoms with E-state index in [2.05, 4.69) is 9.98 Å². The van der Waals surface area contributed by atoms with Crippen LogP contribution in [0.5, 0.6) is 0 Å². The summed E-state index contributed by atoms with van der Waals surface area (Å²) in [6, 6.07) is 0. The highest BCUT2D eigenvalue weighted by Crippen LogP contribution is 1.74. The first-order valence-electron chi connectivity index (χ1n) is 3.77. The second-order valence-electron chi connectivity index (χ2n) is 2.20. The van der Waals surface area contributed by atoms with Gasteiger partial charge in [0.25, 0.3) is 0 Å². The van der Waals surface area contributed by atoms with Crippen molar-refractivity contribution < 1.29 is 14.3 Å². The standard InChI is InChI=1S/C8H12N2O3/c1-7(11)9-3-5-13-6-4-10-8(2)12/h3-4H,5-6H2,1-2H3. The molecule has 0 unspecified atom stereocenters. The van der Waals surface area contributed by atoms with Crippen molar-refractivity contribution in [2.45, 2.75) is 13.8 Å². The molecule has 0 radical (unpaired) electrons. The molecule has 0 aliphatic heterocycles. The van der Waals surface area contributed by atoms with E-state index in [1.54, 1.807) is 0 Å². The molecule has 0 aromatic carbocycles. The minimum absolute atomic E-state index is 0.240. The van der Waals surface area contributed by atoms with Gasteiger partial charge >= 0.3 is 0 Å². The van der Waals surface area contributed by atoms with Crippen molar-refractivity contribution >= 4 is 24.2 Å². The second-order valence-corrected chi connectivity index (χ2v) is 2.20. The van der Waals surface area contributed by atoms with Gasteiger partial charge in [0, 0.05) is 26.3 Å². The minimum atomic E-state index is -0.263. The summed E-state index contributed by atoms with van der Waals surface area (Å²) in [6.45, 7) is 3.19. The zero-order valence-corrected chi connectivity index (χ0v) is 7.69. The zero-order chi connectivity index (χ0) is 10.1. The Morgan fingerprint density at radius 3 is 1.77 bits per heavy atom. The van der Waals surface area contributed by atoms with Crippen LogP contribution in [0, 0.1) is 0 Å². The van der Waals surface area contributed by atoms with Gasteiger partial charge in [-0.25, -0.2) is 9.98 Å². The fraction of sp³-hybridized carbons (Fsp3) is 0.500. The third kappa shape index (κ3) is 10.6. The molecule has 0 aliphatic rings. The number of ether oxygens (including phenoxy) is 1. The Bertz CT molecular complexity index is 210. The molecule has 13 heavy (non-hydrogen) atoms. The van der Waals surface area contributed by atoms with Gasteiger partial charge in [0.15, 0.2) is 0 Å². The lowest BCUT2D eigenvalue weighted by atomic mass is 10.7. The molecule has 2 amide bonds. The predicted molar refractivity (Wildman–Crippen MR) is 49.2 cm³/mol. The van der Waals surface area contributed by atoms with Crippen molar-refractivity contribution in [1.29, 1.82) is 0 Å². The fourth-order valence-electron chi connectivity index (χ4n) is 0.505. The van der Waals surface area contributed by atoms with E-state index in [9.17, 15) is 9.59 Å². The Morgan fingerprint density at radius 2 is 1.46 bits per heavy atom. The number of hydrogen-bond acceptors (Lipinski definition) is 3. The van der Waals surface area contributed by atoms with E-state index in [1.165, 1.54) is 26.3 Å². The number of rotatable bonds is 4. The second kappa shape index (κ2) is 7.30. The molecule has 0 bridgehead atoms. The topological polar surface area (TPSA) is 68.1 Å². The number of amides is 2. The summed E-state index contributed by atoms with van der Waals surface area (Å²) in [7, 11) is 0. The normalized spacial score (nSPS) is 11.2. The number of nitrogens with zero attached hydrogens (tertiary/aromatic N) is 2. The Kier molecular flexibility index (Phi) is 6.53. The smallest absolute Gasteiger partial charge is 0.242 e. The van der Waals surface area contributed by atoms with E-state index in [0.717, 1.165) is 0 Å². The lowest BCUT2D eigenvalue weighted by molar-refractivity contribution is -0.116. The molecular formula is C8H12N2O3. The SMILES string of the molecule is CC(=O)N=CCOCC=NC(C)=O. The summed E-state index contributed by atoms with van der Waals surface area (Å²) in [6.07, 6.45) is 2.73. The maximum atomic E-state index is 10.3. The van der Waals surface area contributed by atoms with Gasteiger partial charge in [0.1, 0.15) is 0 Å². The quantitative estimate of drug-likeness (QED) is 0.464. The highest BCUT2D eigenvalue weighted by atomic mass is 16.5. The summed E-state index contributed by atoms with van der Waals surface area (Å²) in [5, 5.41) is 0. The van der Waals surface area contributed by atoms with E-state index >= 15 is 0 Å². The maximum Gasteiger partial charge on any atom is 0.242 e. The monoisotopic (exact) mass is 184 g/mol. The van der Waals surface area contributed by atoms with Crippen molar-refractivity contribution in [1.82, 2.24) is 0 Å². The van der Waals surface area contributed by atoms with Crippen molar-refractivity contribution in [2.75, 3.05) is 13.2 Å². The van der Waals surface area contributed by atoms with Crippen LogP contribution in [-0.4, -0.2) is 37.5 Å². The van der Waals surface area contributed by atoms with Crippen LogP contribution >= 0.6 is 0 Å². The van der Waals surface area contributed by atoms with Crippen LogP contribution in [0.1, 0.15) is 13.8 Å². The highest BCUT2D eigenvalue weighted by Gasteiger charge is 1.84. The molecule has 72 valence electrons. The Hall–Kier alpha value is -1.36. The number of carbonyl (C=O) groups excluding carboxylic acids is 2. The molecule has 0 aromatic heterocycles. The van der Waals surface area contributed by atoms with Crippen LogP contribution in [0.25, 0.3) is 0 Å². The third-order valence-electron chi connectivity index (χ3n) is 0.931. The first-order valence-corrected chi connectivity index (χ1v) is 3.77. The highest BCUT2D eigenvalue weighted by molar-refractivity contribution is 5.84. The average Bonchev–Trinajstić information content (AvgIpc) is 2.01. The summed E-state index contributed by atoms with van der Waals surface area (Å²) in [4.78, 5) is 27.5. The van der Waals surface area contributed by atoms with E-state index in [0.29, 0.717) is 0 Å². The summed E-state index contributed by atoms with van der Waals surface area (Å²) < 4.78 is 4.93. The summed E-state index contributed by atoms with van der Waals surface area (Å²) in [5.41, 5.74) is 0. The van der Waals surface area contributed by atoms with Crippen LogP contribution in [0.2, 0.25) is 0 Å². The lowest BCUT2D eigenvalue weighted by Crippen LogP contribution is -2.00. The van der Waals surface area contributed by atoms with Crippen molar-refractivity contribution in [3.05, 3.63) is 0 Å². The van der Waals surface area contributed by atoms with E-state index in [4.69, 9.17) is 4.74 Å². The van der Waals surface area contributed by atoms with Crippen molar-refractivity contribution in [2.24, 2.45) is 9.98 Å². The van der Waals surface area contributed by atoms with Crippen molar-refractivity contribution in [3.8, 4) is 0 Å². The molecule has 5 heteroatoms. The zero-order valence-electron chi connectivity index (χ0n) is 7.69. The molecule has 0 N–H and O–H groups in total. The molecule has 0 heterocycles. The van der Waals surface area contributed by atoms with Gasteiger partial charge in [-0.15, -0.1) is 0 Å². The number of hydrogen-bond donors (Lipinski definition) is 0. The van der Waals surface area contributed by atoms with Crippen LogP contribution in [0.15, 0.2) is 9.98 Å². The third-order valence-corrected chi connectivity index (χ3v) is 0.931. The molecule has 0 saturated heterocycles. The largest absolute Gasteiger partial charge is 0.370 e. The van der Waals surface area contributed by atoms with Crippen LogP contribution < -0.4 is 0 Å². The van der Waals surface area contributed by atoms with Gasteiger partial charge in [-0.2, -0.15) is 0 Å². The van der Waals surface area contributed by atoms with Gasteiger partial charge in [-0.05, 0) is 0 Å². The molecule has 0 saturated carbocycles. The van der Waals surface area contributed by atoms with E-state index < -0.39 is 0 Å². The van der Waals surface area contributed by atoms with Gasteiger partial charge in [0.2, 0.25) is 11.8 Å². The van der Waals surface area contributed by atoms with Gasteiger partial charge < -0.3 is 4.74 Å². The molecule has 0 spiro atoms. The lowest BCUT2D eigenvalue weighted by Gasteiger charge is -1.91. The molecule has 0 aromatic rings. The molecule has 5 nitrogen and oxygen atoms in total. The Balaban J connectivity index is 3.36. The van der Waals surface area contributed by atoms with Crippen LogP contribution in [0.3, 0.4) is 0 Å². The van der Waals surface area contributed by atoms with Crippen LogP contribution in [-0.2, 0) is 14.3 Å². The van der Waals surface area contributed by atoms with Crippen LogP contribution in [0.4, 0.5) is 0 Å². The molecule has 0 rings (SSSR count). The number of aliphatic imine (C=N–C) groups is 2.